The summed E-state index contributed by atoms with van der Waals surface area (Å²) in [5, 5.41) is 32.4. The maximum Gasteiger partial charge on any atom is 0.314 e. The van der Waals surface area contributed by atoms with Gasteiger partial charge in [-0.25, -0.2) is 0 Å². The van der Waals surface area contributed by atoms with Crippen molar-refractivity contribution in [2.45, 2.75) is 39.3 Å². The van der Waals surface area contributed by atoms with Crippen LogP contribution in [0.5, 0.6) is 0 Å². The smallest absolute Gasteiger partial charge is 0.314 e. The molecule has 3 N–H and O–H groups in total. The molecule has 3 unspecified atom stereocenters. The molecule has 0 saturated carbocycles. The number of carboxylic acids is 1. The molecule has 3 atom stereocenters. The zero-order valence-corrected chi connectivity index (χ0v) is 12.1. The van der Waals surface area contributed by atoms with Crippen LogP contribution in [-0.4, -0.2) is 52.5 Å². The molecule has 0 heterocycles. The van der Waals surface area contributed by atoms with E-state index in [1.807, 2.05) is 0 Å². The van der Waals surface area contributed by atoms with Crippen LogP contribution in [0.4, 0.5) is 0 Å². The third-order valence-corrected chi connectivity index (χ3v) is 2.97. The van der Waals surface area contributed by atoms with Crippen molar-refractivity contribution < 1.29 is 29.5 Å². The number of carbonyl (C=O) groups excluding carboxylic acids is 1. The molecule has 0 bridgehead atoms. The molecule has 0 fully saturated rings. The first-order chi connectivity index (χ1) is 9.24. The van der Waals surface area contributed by atoms with E-state index in [1.54, 1.807) is 20.8 Å². The van der Waals surface area contributed by atoms with Gasteiger partial charge in [-0.15, -0.1) is 0 Å². The van der Waals surface area contributed by atoms with Crippen molar-refractivity contribution in [1.29, 1.82) is 0 Å². The first kappa shape index (κ1) is 18.2. The molecule has 1 amide bonds. The van der Waals surface area contributed by atoms with Gasteiger partial charge in [0.15, 0.2) is 0 Å². The van der Waals surface area contributed by atoms with E-state index in [0.717, 1.165) is 7.11 Å². The number of nitrogens with zero attached hydrogens (tertiary/aromatic N) is 1. The monoisotopic (exact) mass is 290 g/mol. The van der Waals surface area contributed by atoms with E-state index in [2.05, 4.69) is 10.2 Å². The Labute approximate surface area is 117 Å². The second kappa shape index (κ2) is 8.36. The number of nitrogens with one attached hydrogen (secondary N) is 1. The fourth-order valence-corrected chi connectivity index (χ4v) is 1.81. The van der Waals surface area contributed by atoms with Crippen LogP contribution < -0.4 is 5.32 Å². The molecule has 0 radical (unpaired) electrons. The molecular weight excluding hydrogens is 268 g/mol. The van der Waals surface area contributed by atoms with Crippen molar-refractivity contribution in [2.24, 2.45) is 11.8 Å². The van der Waals surface area contributed by atoms with Crippen LogP contribution >= 0.6 is 0 Å². The number of rotatable bonds is 8. The number of aliphatic hydroxyl groups is 1. The van der Waals surface area contributed by atoms with E-state index in [9.17, 15) is 19.9 Å². The summed E-state index contributed by atoms with van der Waals surface area (Å²) in [7, 11) is 1.10. The number of amides is 1. The Balaban J connectivity index is 4.98. The highest BCUT2D eigenvalue weighted by Gasteiger charge is 2.34. The molecule has 0 aliphatic heterocycles. The van der Waals surface area contributed by atoms with Crippen LogP contribution in [0, 0.1) is 17.0 Å². The van der Waals surface area contributed by atoms with Crippen molar-refractivity contribution in [3.05, 3.63) is 5.21 Å². The van der Waals surface area contributed by atoms with E-state index in [4.69, 9.17) is 5.11 Å². The summed E-state index contributed by atoms with van der Waals surface area (Å²) in [6.07, 6.45) is -0.396. The van der Waals surface area contributed by atoms with Crippen LogP contribution in [0.3, 0.4) is 0 Å². The molecule has 20 heavy (non-hydrogen) atoms. The van der Waals surface area contributed by atoms with Gasteiger partial charge >= 0.3 is 11.9 Å². The SMILES string of the molecule is CCC(C(=O)O)C(O)C(NC(=O)C=[N+]([O-])OC)C(C)C. The molecule has 0 aromatic rings. The van der Waals surface area contributed by atoms with E-state index in [-0.39, 0.29) is 17.2 Å². The van der Waals surface area contributed by atoms with Gasteiger partial charge in [-0.1, -0.05) is 20.8 Å². The summed E-state index contributed by atoms with van der Waals surface area (Å²) in [4.78, 5) is 26.8. The largest absolute Gasteiger partial charge is 0.481 e. The molecule has 0 aromatic heterocycles. The van der Waals surface area contributed by atoms with E-state index < -0.39 is 29.9 Å². The van der Waals surface area contributed by atoms with Crippen LogP contribution in [0.1, 0.15) is 27.2 Å². The van der Waals surface area contributed by atoms with Gasteiger partial charge in [0.1, 0.15) is 0 Å². The quantitative estimate of drug-likeness (QED) is 0.322. The second-order valence-corrected chi connectivity index (χ2v) is 4.72. The third-order valence-electron chi connectivity index (χ3n) is 2.97. The second-order valence-electron chi connectivity index (χ2n) is 4.72. The number of hydrogen-bond donors (Lipinski definition) is 3. The Morgan fingerprint density at radius 1 is 1.45 bits per heavy atom. The maximum absolute atomic E-state index is 11.6. The van der Waals surface area contributed by atoms with Crippen LogP contribution in [0.25, 0.3) is 0 Å². The zero-order valence-electron chi connectivity index (χ0n) is 12.1. The van der Waals surface area contributed by atoms with Gasteiger partial charge in [-0.05, 0) is 12.3 Å². The Bertz CT molecular complexity index is 369. The lowest BCUT2D eigenvalue weighted by Gasteiger charge is -2.30. The lowest BCUT2D eigenvalue weighted by molar-refractivity contribution is -0.729. The summed E-state index contributed by atoms with van der Waals surface area (Å²) in [6.45, 7) is 5.10. The summed E-state index contributed by atoms with van der Waals surface area (Å²) in [5.41, 5.74) is 0. The van der Waals surface area contributed by atoms with Gasteiger partial charge in [0.25, 0.3) is 6.21 Å². The number of aliphatic hydroxyl groups excluding tert-OH is 1. The molecule has 0 aliphatic rings. The van der Waals surface area contributed by atoms with Gasteiger partial charge in [0.05, 0.1) is 18.1 Å². The molecule has 8 heteroatoms. The van der Waals surface area contributed by atoms with Gasteiger partial charge in [-0.3, -0.25) is 14.8 Å². The summed E-state index contributed by atoms with van der Waals surface area (Å²) in [5.74, 6) is -3.10. The standard InChI is InChI=1S/C12H22N2O6/c1-5-8(12(17)18)11(16)10(7(2)3)13-9(15)6-14(19)20-4/h6-8,10-11,16H,5H2,1-4H3,(H,13,15)(H,17,18). The van der Waals surface area contributed by atoms with E-state index >= 15 is 0 Å². The van der Waals surface area contributed by atoms with E-state index in [0.29, 0.717) is 6.21 Å². The minimum atomic E-state index is -1.25. The fourth-order valence-electron chi connectivity index (χ4n) is 1.81. The Kier molecular flexibility index (Phi) is 7.60. The lowest BCUT2D eigenvalue weighted by Crippen LogP contribution is -2.51. The number of carbonyl (C=O) groups is 2. The average Bonchev–Trinajstić information content (AvgIpc) is 2.35. The molecule has 0 rings (SSSR count). The molecular formula is C12H22N2O6. The topological polar surface area (TPSA) is 122 Å². The first-order valence-corrected chi connectivity index (χ1v) is 6.31. The number of hydrogen-bond acceptors (Lipinski definition) is 5. The minimum absolute atomic E-state index is 0.0341. The van der Waals surface area contributed by atoms with Crippen molar-refractivity contribution in [3.8, 4) is 0 Å². The van der Waals surface area contributed by atoms with Crippen molar-refractivity contribution in [1.82, 2.24) is 5.32 Å². The van der Waals surface area contributed by atoms with Crippen molar-refractivity contribution >= 4 is 18.1 Å². The van der Waals surface area contributed by atoms with Crippen LogP contribution in [-0.2, 0) is 14.4 Å². The zero-order chi connectivity index (χ0) is 15.9. The minimum Gasteiger partial charge on any atom is -0.481 e. The Morgan fingerprint density at radius 2 is 2.00 bits per heavy atom. The summed E-state index contributed by atoms with van der Waals surface area (Å²) in [6, 6.07) is -0.787. The summed E-state index contributed by atoms with van der Waals surface area (Å²) < 4.78 is 0. The maximum atomic E-state index is 11.6. The summed E-state index contributed by atoms with van der Waals surface area (Å²) >= 11 is 0. The molecule has 0 saturated heterocycles. The first-order valence-electron chi connectivity index (χ1n) is 6.31. The number of aliphatic carboxylic acids is 1. The molecule has 0 aliphatic carbocycles. The van der Waals surface area contributed by atoms with Gasteiger partial charge in [0, 0.05) is 12.0 Å². The highest BCUT2D eigenvalue weighted by atomic mass is 16.9. The van der Waals surface area contributed by atoms with Gasteiger partial charge in [-0.2, -0.15) is 0 Å². The van der Waals surface area contributed by atoms with Crippen LogP contribution in [0.15, 0.2) is 0 Å². The molecule has 116 valence electrons. The predicted octanol–water partition coefficient (Wildman–Crippen LogP) is -0.259. The van der Waals surface area contributed by atoms with E-state index in [1.165, 1.54) is 0 Å². The normalized spacial score (nSPS) is 16.4. The Morgan fingerprint density at radius 3 is 2.35 bits per heavy atom. The fraction of sp³-hybridized carbons (Fsp3) is 0.750. The van der Waals surface area contributed by atoms with Crippen molar-refractivity contribution in [2.75, 3.05) is 7.11 Å². The highest BCUT2D eigenvalue weighted by molar-refractivity contribution is 6.24. The average molecular weight is 290 g/mol. The lowest BCUT2D eigenvalue weighted by atomic mass is 9.88. The third kappa shape index (κ3) is 5.43. The van der Waals surface area contributed by atoms with Crippen molar-refractivity contribution in [3.63, 3.8) is 0 Å². The van der Waals surface area contributed by atoms with Gasteiger partial charge in [0.2, 0.25) is 0 Å². The molecule has 0 spiro atoms. The Hall–Kier alpha value is -1.83. The predicted molar refractivity (Wildman–Crippen MR) is 70.9 cm³/mol. The number of carboxylic acid groups (broad SMARTS) is 1. The molecule has 0 aromatic carbocycles. The van der Waals surface area contributed by atoms with Crippen LogP contribution in [0.2, 0.25) is 0 Å². The highest BCUT2D eigenvalue weighted by Crippen LogP contribution is 2.17. The molecule has 8 nitrogen and oxygen atoms in total. The van der Waals surface area contributed by atoms with Gasteiger partial charge < -0.3 is 20.4 Å².